The van der Waals surface area contributed by atoms with Crippen LogP contribution in [0.3, 0.4) is 0 Å². The molecule has 2 aromatic heterocycles. The molecule has 0 saturated heterocycles. The van der Waals surface area contributed by atoms with Gasteiger partial charge in [-0.3, -0.25) is 4.79 Å². The lowest BCUT2D eigenvalue weighted by Gasteiger charge is -2.09. The van der Waals surface area contributed by atoms with Crippen molar-refractivity contribution in [2.24, 2.45) is 0 Å². The predicted molar refractivity (Wildman–Crippen MR) is 120 cm³/mol. The highest BCUT2D eigenvalue weighted by molar-refractivity contribution is 8.00. The Morgan fingerprint density at radius 1 is 1.17 bits per heavy atom. The number of nitrogens with one attached hydrogen (secondary N) is 1. The number of amides is 1. The van der Waals surface area contributed by atoms with Crippen molar-refractivity contribution in [1.82, 2.24) is 14.6 Å². The smallest absolute Gasteiger partial charge is 0.234 e. The highest BCUT2D eigenvalue weighted by Gasteiger charge is 2.12. The molecule has 2 heterocycles. The topological polar surface area (TPSA) is 68.5 Å². The molecular weight excluding hydrogens is 396 g/mol. The zero-order valence-corrected chi connectivity index (χ0v) is 17.6. The van der Waals surface area contributed by atoms with Gasteiger partial charge in [-0.1, -0.05) is 55.1 Å². The highest BCUT2D eigenvalue weighted by atomic mass is 32.2. The van der Waals surface area contributed by atoms with E-state index in [1.165, 1.54) is 17.3 Å². The number of anilines is 1. The SMILES string of the molecule is CCc1ccc(-c2cc3c(SCC(=O)Nc4ccccc4OC)nccn3n2)cc1. The lowest BCUT2D eigenvalue weighted by Crippen LogP contribution is -2.14. The molecule has 7 heteroatoms. The zero-order valence-electron chi connectivity index (χ0n) is 16.8. The number of carbonyl (C=O) groups excluding carboxylic acids is 1. The third-order valence-electron chi connectivity index (χ3n) is 4.73. The van der Waals surface area contributed by atoms with Gasteiger partial charge < -0.3 is 10.1 Å². The largest absolute Gasteiger partial charge is 0.495 e. The fourth-order valence-electron chi connectivity index (χ4n) is 3.13. The van der Waals surface area contributed by atoms with Crippen LogP contribution in [-0.4, -0.2) is 33.4 Å². The Bertz CT molecular complexity index is 1170. The molecule has 0 bridgehead atoms. The Morgan fingerprint density at radius 2 is 1.97 bits per heavy atom. The number of benzene rings is 2. The third kappa shape index (κ3) is 4.31. The molecule has 0 aliphatic carbocycles. The number of hydrogen-bond acceptors (Lipinski definition) is 5. The van der Waals surface area contributed by atoms with Gasteiger partial charge >= 0.3 is 0 Å². The maximum absolute atomic E-state index is 12.4. The number of aryl methyl sites for hydroxylation is 1. The van der Waals surface area contributed by atoms with Crippen molar-refractivity contribution in [3.63, 3.8) is 0 Å². The third-order valence-corrected chi connectivity index (χ3v) is 5.73. The van der Waals surface area contributed by atoms with Crippen LogP contribution < -0.4 is 10.1 Å². The van der Waals surface area contributed by atoms with Crippen molar-refractivity contribution in [2.45, 2.75) is 18.4 Å². The molecule has 0 radical (unpaired) electrons. The van der Waals surface area contributed by atoms with Crippen LogP contribution in [0.4, 0.5) is 5.69 Å². The Balaban J connectivity index is 1.50. The number of thioether (sulfide) groups is 1. The van der Waals surface area contributed by atoms with Crippen LogP contribution in [0, 0.1) is 0 Å². The van der Waals surface area contributed by atoms with Gasteiger partial charge in [-0.05, 0) is 30.2 Å². The molecule has 4 rings (SSSR count). The molecule has 0 fully saturated rings. The summed E-state index contributed by atoms with van der Waals surface area (Å²) in [6, 6.07) is 17.8. The van der Waals surface area contributed by atoms with E-state index in [-0.39, 0.29) is 11.7 Å². The molecule has 1 N–H and O–H groups in total. The second-order valence-corrected chi connectivity index (χ2v) is 7.64. The molecule has 4 aromatic rings. The molecule has 152 valence electrons. The minimum atomic E-state index is -0.122. The molecule has 30 heavy (non-hydrogen) atoms. The van der Waals surface area contributed by atoms with Gasteiger partial charge in [0.25, 0.3) is 0 Å². The van der Waals surface area contributed by atoms with Crippen LogP contribution in [0.5, 0.6) is 5.75 Å². The number of para-hydroxylation sites is 2. The van der Waals surface area contributed by atoms with E-state index >= 15 is 0 Å². The van der Waals surface area contributed by atoms with Crippen molar-refractivity contribution in [3.05, 3.63) is 72.6 Å². The van der Waals surface area contributed by atoms with E-state index in [1.807, 2.05) is 36.5 Å². The van der Waals surface area contributed by atoms with E-state index in [4.69, 9.17) is 4.74 Å². The van der Waals surface area contributed by atoms with Crippen molar-refractivity contribution >= 4 is 28.9 Å². The zero-order chi connectivity index (χ0) is 20.9. The second kappa shape index (κ2) is 9.00. The number of nitrogens with zero attached hydrogens (tertiary/aromatic N) is 3. The van der Waals surface area contributed by atoms with Crippen LogP contribution in [0.2, 0.25) is 0 Å². The van der Waals surface area contributed by atoms with Crippen molar-refractivity contribution in [1.29, 1.82) is 0 Å². The summed E-state index contributed by atoms with van der Waals surface area (Å²) in [5.74, 6) is 0.741. The van der Waals surface area contributed by atoms with Crippen LogP contribution in [0.1, 0.15) is 12.5 Å². The Morgan fingerprint density at radius 3 is 2.73 bits per heavy atom. The van der Waals surface area contributed by atoms with Gasteiger partial charge in [0, 0.05) is 18.0 Å². The second-order valence-electron chi connectivity index (χ2n) is 6.68. The van der Waals surface area contributed by atoms with Crippen LogP contribution in [0.25, 0.3) is 16.8 Å². The number of hydrogen-bond donors (Lipinski definition) is 1. The lowest BCUT2D eigenvalue weighted by molar-refractivity contribution is -0.113. The molecule has 6 nitrogen and oxygen atoms in total. The molecule has 1 amide bonds. The van der Waals surface area contributed by atoms with E-state index in [0.29, 0.717) is 11.4 Å². The number of fused-ring (bicyclic) bond motifs is 1. The summed E-state index contributed by atoms with van der Waals surface area (Å²) in [6.07, 6.45) is 4.52. The minimum Gasteiger partial charge on any atom is -0.495 e. The normalized spacial score (nSPS) is 10.9. The van der Waals surface area contributed by atoms with Crippen LogP contribution in [0.15, 0.2) is 72.0 Å². The highest BCUT2D eigenvalue weighted by Crippen LogP contribution is 2.27. The van der Waals surface area contributed by atoms with Gasteiger partial charge in [-0.2, -0.15) is 5.10 Å². The van der Waals surface area contributed by atoms with Gasteiger partial charge in [0.05, 0.1) is 29.8 Å². The Labute approximate surface area is 179 Å². The van der Waals surface area contributed by atoms with E-state index in [9.17, 15) is 4.79 Å². The van der Waals surface area contributed by atoms with Crippen molar-refractivity contribution in [2.75, 3.05) is 18.2 Å². The Kier molecular flexibility index (Phi) is 5.99. The molecule has 0 aliphatic heterocycles. The summed E-state index contributed by atoms with van der Waals surface area (Å²) < 4.78 is 7.08. The van der Waals surface area contributed by atoms with Crippen LogP contribution >= 0.6 is 11.8 Å². The van der Waals surface area contributed by atoms with Crippen LogP contribution in [-0.2, 0) is 11.2 Å². The summed E-state index contributed by atoms with van der Waals surface area (Å²) in [4.78, 5) is 16.9. The van der Waals surface area contributed by atoms with E-state index < -0.39 is 0 Å². The Hall–Kier alpha value is -3.32. The first kappa shape index (κ1) is 20.0. The molecule has 0 spiro atoms. The van der Waals surface area contributed by atoms with Gasteiger partial charge in [0.2, 0.25) is 5.91 Å². The van der Waals surface area contributed by atoms with Gasteiger partial charge in [0.1, 0.15) is 10.8 Å². The standard InChI is InChI=1S/C23H22N4O2S/c1-3-16-8-10-17(11-9-16)19-14-20-23(24-12-13-27(20)26-19)30-15-22(28)25-18-6-4-5-7-21(18)29-2/h4-14H,3,15H2,1-2H3,(H,25,28). The van der Waals surface area contributed by atoms with Gasteiger partial charge in [-0.25, -0.2) is 9.50 Å². The molecule has 0 saturated carbocycles. The fraction of sp³-hybridized carbons (Fsp3) is 0.174. The predicted octanol–water partition coefficient (Wildman–Crippen LogP) is 4.70. The average Bonchev–Trinajstić information content (AvgIpc) is 3.23. The number of methoxy groups -OCH3 is 1. The molecule has 0 unspecified atom stereocenters. The average molecular weight is 419 g/mol. The summed E-state index contributed by atoms with van der Waals surface area (Å²) in [7, 11) is 1.58. The monoisotopic (exact) mass is 418 g/mol. The summed E-state index contributed by atoms with van der Waals surface area (Å²) in [5.41, 5.74) is 4.76. The van der Waals surface area contributed by atoms with Gasteiger partial charge in [0.15, 0.2) is 0 Å². The number of ether oxygens (including phenoxy) is 1. The molecular formula is C23H22N4O2S. The molecule has 2 aromatic carbocycles. The minimum absolute atomic E-state index is 0.122. The number of rotatable bonds is 7. The van der Waals surface area contributed by atoms with E-state index in [1.54, 1.807) is 17.8 Å². The van der Waals surface area contributed by atoms with E-state index in [2.05, 4.69) is 46.6 Å². The molecule has 0 atom stereocenters. The first-order valence-corrected chi connectivity index (χ1v) is 10.7. The van der Waals surface area contributed by atoms with Crippen molar-refractivity contribution in [3.8, 4) is 17.0 Å². The number of aromatic nitrogens is 3. The first-order valence-electron chi connectivity index (χ1n) is 9.67. The molecule has 0 aliphatic rings. The maximum Gasteiger partial charge on any atom is 0.234 e. The van der Waals surface area contributed by atoms with E-state index in [0.717, 1.165) is 28.2 Å². The summed E-state index contributed by atoms with van der Waals surface area (Å²) in [6.45, 7) is 2.14. The maximum atomic E-state index is 12.4. The summed E-state index contributed by atoms with van der Waals surface area (Å²) >= 11 is 1.38. The first-order chi connectivity index (χ1) is 14.7. The van der Waals surface area contributed by atoms with Gasteiger partial charge in [-0.15, -0.1) is 0 Å². The summed E-state index contributed by atoms with van der Waals surface area (Å²) in [5, 5.41) is 8.31. The van der Waals surface area contributed by atoms with Crippen molar-refractivity contribution < 1.29 is 9.53 Å². The fourth-order valence-corrected chi connectivity index (χ4v) is 3.91. The quantitative estimate of drug-likeness (QED) is 0.441. The number of carbonyl (C=O) groups is 1. The lowest BCUT2D eigenvalue weighted by atomic mass is 10.1.